The van der Waals surface area contributed by atoms with E-state index in [0.717, 1.165) is 17.4 Å². The zero-order chi connectivity index (χ0) is 12.4. The summed E-state index contributed by atoms with van der Waals surface area (Å²) in [5.41, 5.74) is 0.225. The number of carbonyl (C=O) groups excluding carboxylic acids is 1. The normalized spacial score (nSPS) is 23.7. The molecule has 1 heterocycles. The zero-order valence-electron chi connectivity index (χ0n) is 9.47. The molecule has 92 valence electrons. The average Bonchev–Trinajstić information content (AvgIpc) is 2.70. The van der Waals surface area contributed by atoms with Gasteiger partial charge in [-0.1, -0.05) is 15.9 Å². The van der Waals surface area contributed by atoms with E-state index in [-0.39, 0.29) is 23.6 Å². The summed E-state index contributed by atoms with van der Waals surface area (Å²) < 4.78 is 14.2. The maximum Gasteiger partial charge on any atom is 0.229 e. The molecule has 17 heavy (non-hydrogen) atoms. The fourth-order valence-electron chi connectivity index (χ4n) is 2.04. The van der Waals surface area contributed by atoms with Gasteiger partial charge >= 0.3 is 0 Å². The molecule has 1 saturated heterocycles. The van der Waals surface area contributed by atoms with Gasteiger partial charge < -0.3 is 10.6 Å². The van der Waals surface area contributed by atoms with E-state index < -0.39 is 5.82 Å². The Kier molecular flexibility index (Phi) is 3.79. The lowest BCUT2D eigenvalue weighted by Crippen LogP contribution is -2.32. The Balaban J connectivity index is 2.10. The molecule has 1 amide bonds. The van der Waals surface area contributed by atoms with Gasteiger partial charge in [0.25, 0.3) is 0 Å². The van der Waals surface area contributed by atoms with Gasteiger partial charge in [0.1, 0.15) is 5.82 Å². The summed E-state index contributed by atoms with van der Waals surface area (Å²) in [4.78, 5) is 12.0. The number of carbonyl (C=O) groups is 1. The molecule has 2 rings (SSSR count). The molecule has 2 atom stereocenters. The first-order valence-electron chi connectivity index (χ1n) is 5.57. The summed E-state index contributed by atoms with van der Waals surface area (Å²) in [5.74, 6) is -0.631. The smallest absolute Gasteiger partial charge is 0.229 e. The second-order valence-electron chi connectivity index (χ2n) is 4.25. The van der Waals surface area contributed by atoms with Gasteiger partial charge in [-0.2, -0.15) is 0 Å². The third-order valence-corrected chi connectivity index (χ3v) is 3.54. The van der Waals surface area contributed by atoms with Crippen molar-refractivity contribution in [2.24, 2.45) is 5.92 Å². The molecule has 0 aliphatic carbocycles. The minimum Gasteiger partial charge on any atom is -0.323 e. The van der Waals surface area contributed by atoms with Gasteiger partial charge in [-0.3, -0.25) is 4.79 Å². The van der Waals surface area contributed by atoms with Crippen molar-refractivity contribution in [1.82, 2.24) is 5.32 Å². The molecule has 1 aliphatic rings. The molecular weight excluding hydrogens is 287 g/mol. The lowest BCUT2D eigenvalue weighted by molar-refractivity contribution is -0.120. The average molecular weight is 301 g/mol. The molecule has 1 aliphatic heterocycles. The Morgan fingerprint density at radius 2 is 2.35 bits per heavy atom. The van der Waals surface area contributed by atoms with Gasteiger partial charge in [-0.15, -0.1) is 0 Å². The third kappa shape index (κ3) is 2.84. The highest BCUT2D eigenvalue weighted by atomic mass is 79.9. The zero-order valence-corrected chi connectivity index (χ0v) is 11.1. The summed E-state index contributed by atoms with van der Waals surface area (Å²) in [6, 6.07) is 4.64. The summed E-state index contributed by atoms with van der Waals surface area (Å²) >= 11 is 3.25. The largest absolute Gasteiger partial charge is 0.323 e. The van der Waals surface area contributed by atoms with Crippen molar-refractivity contribution in [1.29, 1.82) is 0 Å². The molecule has 2 unspecified atom stereocenters. The molecular formula is C12H14BrFN2O. The Bertz CT molecular complexity index is 439. The summed E-state index contributed by atoms with van der Waals surface area (Å²) in [6.45, 7) is 2.80. The van der Waals surface area contributed by atoms with Crippen LogP contribution in [-0.2, 0) is 4.79 Å². The number of rotatable bonds is 2. The van der Waals surface area contributed by atoms with Crippen LogP contribution >= 0.6 is 15.9 Å². The number of halogens is 2. The van der Waals surface area contributed by atoms with Crippen molar-refractivity contribution in [3.8, 4) is 0 Å². The van der Waals surface area contributed by atoms with Crippen molar-refractivity contribution in [2.45, 2.75) is 19.4 Å². The lowest BCUT2D eigenvalue weighted by atomic mass is 10.0. The lowest BCUT2D eigenvalue weighted by Gasteiger charge is -2.15. The maximum atomic E-state index is 13.5. The number of nitrogens with one attached hydrogen (secondary N) is 2. The van der Waals surface area contributed by atoms with E-state index in [1.165, 1.54) is 6.07 Å². The first-order valence-corrected chi connectivity index (χ1v) is 6.36. The van der Waals surface area contributed by atoms with Crippen molar-refractivity contribution in [2.75, 3.05) is 11.9 Å². The first-order chi connectivity index (χ1) is 8.08. The maximum absolute atomic E-state index is 13.5. The Morgan fingerprint density at radius 1 is 1.59 bits per heavy atom. The molecule has 1 aromatic carbocycles. The quantitative estimate of drug-likeness (QED) is 0.881. The van der Waals surface area contributed by atoms with Crippen LogP contribution in [0.25, 0.3) is 0 Å². The molecule has 1 fully saturated rings. The highest BCUT2D eigenvalue weighted by molar-refractivity contribution is 9.10. The van der Waals surface area contributed by atoms with Crippen LogP contribution in [0.5, 0.6) is 0 Å². The summed E-state index contributed by atoms with van der Waals surface area (Å²) in [5, 5.41) is 5.84. The first kappa shape index (κ1) is 12.5. The van der Waals surface area contributed by atoms with Crippen molar-refractivity contribution < 1.29 is 9.18 Å². The SMILES string of the molecule is CC1NCCC1C(=O)Nc1cc(Br)ccc1F. The number of hydrogen-bond acceptors (Lipinski definition) is 2. The van der Waals surface area contributed by atoms with Crippen LogP contribution in [0.4, 0.5) is 10.1 Å². The molecule has 0 bridgehead atoms. The molecule has 0 spiro atoms. The fraction of sp³-hybridized carbons (Fsp3) is 0.417. The molecule has 0 aromatic heterocycles. The van der Waals surface area contributed by atoms with Crippen molar-refractivity contribution in [3.63, 3.8) is 0 Å². The van der Waals surface area contributed by atoms with E-state index in [4.69, 9.17) is 0 Å². The predicted molar refractivity (Wildman–Crippen MR) is 68.3 cm³/mol. The molecule has 1 aromatic rings. The van der Waals surface area contributed by atoms with Crippen LogP contribution in [0.2, 0.25) is 0 Å². The van der Waals surface area contributed by atoms with Gasteiger partial charge in [-0.25, -0.2) is 4.39 Å². The van der Waals surface area contributed by atoms with Gasteiger partial charge in [0.2, 0.25) is 5.91 Å². The Labute approximate surface area is 108 Å². The number of benzene rings is 1. The molecule has 5 heteroatoms. The van der Waals surface area contributed by atoms with Crippen molar-refractivity contribution >= 4 is 27.5 Å². The Morgan fingerprint density at radius 3 is 3.00 bits per heavy atom. The number of anilines is 1. The van der Waals surface area contributed by atoms with E-state index >= 15 is 0 Å². The topological polar surface area (TPSA) is 41.1 Å². The van der Waals surface area contributed by atoms with Gasteiger partial charge in [0.15, 0.2) is 0 Å². The third-order valence-electron chi connectivity index (χ3n) is 3.05. The standard InChI is InChI=1S/C12H14BrFN2O/c1-7-9(4-5-15-7)12(17)16-11-6-8(13)2-3-10(11)14/h2-3,6-7,9,15H,4-5H2,1H3,(H,16,17). The van der Waals surface area contributed by atoms with E-state index in [9.17, 15) is 9.18 Å². The van der Waals surface area contributed by atoms with Gasteiger partial charge in [-0.05, 0) is 38.1 Å². The second kappa shape index (κ2) is 5.14. The van der Waals surface area contributed by atoms with E-state index in [1.54, 1.807) is 12.1 Å². The van der Waals surface area contributed by atoms with Gasteiger partial charge in [0.05, 0.1) is 11.6 Å². The van der Waals surface area contributed by atoms with E-state index in [0.29, 0.717) is 0 Å². The van der Waals surface area contributed by atoms with Gasteiger partial charge in [0, 0.05) is 10.5 Å². The molecule has 0 radical (unpaired) electrons. The minimum absolute atomic E-state index is 0.0895. The second-order valence-corrected chi connectivity index (χ2v) is 5.17. The van der Waals surface area contributed by atoms with E-state index in [2.05, 4.69) is 26.6 Å². The highest BCUT2D eigenvalue weighted by Crippen LogP contribution is 2.22. The van der Waals surface area contributed by atoms with Crippen LogP contribution in [0.15, 0.2) is 22.7 Å². The van der Waals surface area contributed by atoms with Crippen LogP contribution in [0.1, 0.15) is 13.3 Å². The van der Waals surface area contributed by atoms with E-state index in [1.807, 2.05) is 6.92 Å². The van der Waals surface area contributed by atoms with Crippen LogP contribution in [-0.4, -0.2) is 18.5 Å². The number of amides is 1. The van der Waals surface area contributed by atoms with Crippen molar-refractivity contribution in [3.05, 3.63) is 28.5 Å². The summed E-state index contributed by atoms with van der Waals surface area (Å²) in [7, 11) is 0. The molecule has 3 nitrogen and oxygen atoms in total. The molecule has 2 N–H and O–H groups in total. The summed E-state index contributed by atoms with van der Waals surface area (Å²) in [6.07, 6.45) is 0.794. The predicted octanol–water partition coefficient (Wildman–Crippen LogP) is 2.52. The number of hydrogen-bond donors (Lipinski definition) is 2. The minimum atomic E-state index is -0.417. The highest BCUT2D eigenvalue weighted by Gasteiger charge is 2.29. The van der Waals surface area contributed by atoms with Crippen LogP contribution < -0.4 is 10.6 Å². The molecule has 0 saturated carbocycles. The monoisotopic (exact) mass is 300 g/mol. The van der Waals surface area contributed by atoms with Crippen LogP contribution in [0, 0.1) is 11.7 Å². The van der Waals surface area contributed by atoms with Crippen LogP contribution in [0.3, 0.4) is 0 Å². The Hall–Kier alpha value is -0.940. The fourth-order valence-corrected chi connectivity index (χ4v) is 2.40.